The Balaban J connectivity index is 2.11. The zero-order valence-corrected chi connectivity index (χ0v) is 16.4. The highest BCUT2D eigenvalue weighted by Crippen LogP contribution is 2.30. The van der Waals surface area contributed by atoms with E-state index >= 15 is 0 Å². The van der Waals surface area contributed by atoms with Crippen LogP contribution >= 0.6 is 11.6 Å². The Morgan fingerprint density at radius 2 is 1.81 bits per heavy atom. The molecule has 1 amide bonds. The van der Waals surface area contributed by atoms with E-state index in [9.17, 15) is 9.59 Å². The number of esters is 1. The number of nitrogens with zero attached hydrogens (tertiary/aromatic N) is 1. The second-order valence-electron chi connectivity index (χ2n) is 6.06. The summed E-state index contributed by atoms with van der Waals surface area (Å²) in [5.74, 6) is -0.199. The zero-order chi connectivity index (χ0) is 19.8. The summed E-state index contributed by atoms with van der Waals surface area (Å²) < 4.78 is 10.0. The lowest BCUT2D eigenvalue weighted by Crippen LogP contribution is -2.37. The Bertz CT molecular complexity index is 796. The standard InChI is InChI=1S/C20H23ClN2O4/c1-14-9-17(18(26-2)10-16(14)21)22-19(24)12-23(13-20(25)27-3)11-15-7-5-4-6-8-15/h4-10H,11-13H2,1-3H3,(H,22,24). The second-order valence-corrected chi connectivity index (χ2v) is 6.46. The van der Waals surface area contributed by atoms with Crippen LogP contribution in [0.25, 0.3) is 0 Å². The second kappa shape index (κ2) is 9.94. The maximum Gasteiger partial charge on any atom is 0.319 e. The lowest BCUT2D eigenvalue weighted by atomic mass is 10.2. The molecule has 27 heavy (non-hydrogen) atoms. The summed E-state index contributed by atoms with van der Waals surface area (Å²) in [6.07, 6.45) is 0. The van der Waals surface area contributed by atoms with Crippen molar-refractivity contribution in [2.24, 2.45) is 0 Å². The first-order valence-electron chi connectivity index (χ1n) is 8.40. The number of anilines is 1. The van der Waals surface area contributed by atoms with Crippen LogP contribution in [0.2, 0.25) is 5.02 Å². The maximum absolute atomic E-state index is 12.6. The normalized spacial score (nSPS) is 10.6. The summed E-state index contributed by atoms with van der Waals surface area (Å²) in [5, 5.41) is 3.38. The Labute approximate surface area is 164 Å². The molecular formula is C20H23ClN2O4. The van der Waals surface area contributed by atoms with E-state index in [0.29, 0.717) is 23.0 Å². The number of amides is 1. The number of hydrogen-bond donors (Lipinski definition) is 1. The topological polar surface area (TPSA) is 67.9 Å². The van der Waals surface area contributed by atoms with E-state index in [0.717, 1.165) is 11.1 Å². The molecule has 6 nitrogen and oxygen atoms in total. The molecule has 0 aliphatic heterocycles. The van der Waals surface area contributed by atoms with Gasteiger partial charge in [-0.1, -0.05) is 41.9 Å². The fraction of sp³-hybridized carbons (Fsp3) is 0.300. The van der Waals surface area contributed by atoms with Gasteiger partial charge in [-0.05, 0) is 24.1 Å². The molecule has 0 spiro atoms. The molecule has 2 aromatic carbocycles. The molecule has 7 heteroatoms. The Morgan fingerprint density at radius 1 is 1.11 bits per heavy atom. The van der Waals surface area contributed by atoms with Crippen LogP contribution in [0.3, 0.4) is 0 Å². The summed E-state index contributed by atoms with van der Waals surface area (Å²) >= 11 is 6.10. The number of hydrogen-bond acceptors (Lipinski definition) is 5. The van der Waals surface area contributed by atoms with Crippen molar-refractivity contribution in [1.82, 2.24) is 4.90 Å². The van der Waals surface area contributed by atoms with E-state index in [-0.39, 0.29) is 19.0 Å². The van der Waals surface area contributed by atoms with E-state index in [2.05, 4.69) is 5.32 Å². The highest BCUT2D eigenvalue weighted by molar-refractivity contribution is 6.31. The van der Waals surface area contributed by atoms with Crippen LogP contribution in [0.4, 0.5) is 5.69 Å². The number of carbonyl (C=O) groups excluding carboxylic acids is 2. The Hall–Kier alpha value is -2.57. The van der Waals surface area contributed by atoms with Crippen molar-refractivity contribution >= 4 is 29.2 Å². The molecule has 0 aliphatic carbocycles. The SMILES string of the molecule is COC(=O)CN(CC(=O)Nc1cc(C)c(Cl)cc1OC)Cc1ccccc1. The van der Waals surface area contributed by atoms with E-state index in [1.807, 2.05) is 37.3 Å². The monoisotopic (exact) mass is 390 g/mol. The molecule has 0 saturated heterocycles. The van der Waals surface area contributed by atoms with Crippen LogP contribution in [0.5, 0.6) is 5.75 Å². The fourth-order valence-corrected chi connectivity index (χ4v) is 2.73. The number of carbonyl (C=O) groups is 2. The zero-order valence-electron chi connectivity index (χ0n) is 15.6. The Kier molecular flexibility index (Phi) is 7.64. The van der Waals surface area contributed by atoms with E-state index in [1.165, 1.54) is 14.2 Å². The summed E-state index contributed by atoms with van der Waals surface area (Å²) in [5.41, 5.74) is 2.35. The van der Waals surface area contributed by atoms with Gasteiger partial charge >= 0.3 is 5.97 Å². The number of aryl methyl sites for hydroxylation is 1. The minimum absolute atomic E-state index is 0.00952. The number of methoxy groups -OCH3 is 2. The van der Waals surface area contributed by atoms with Crippen molar-refractivity contribution in [2.75, 3.05) is 32.6 Å². The van der Waals surface area contributed by atoms with Gasteiger partial charge < -0.3 is 14.8 Å². The largest absolute Gasteiger partial charge is 0.495 e. The quantitative estimate of drug-likeness (QED) is 0.700. The molecule has 2 rings (SSSR count). The van der Waals surface area contributed by atoms with Gasteiger partial charge in [-0.3, -0.25) is 14.5 Å². The highest BCUT2D eigenvalue weighted by Gasteiger charge is 2.17. The molecule has 0 bridgehead atoms. The summed E-state index contributed by atoms with van der Waals surface area (Å²) in [6.45, 7) is 2.32. The number of ether oxygens (including phenoxy) is 2. The minimum atomic E-state index is -0.404. The predicted octanol–water partition coefficient (Wildman–Crippen LogP) is 3.27. The van der Waals surface area contributed by atoms with Crippen molar-refractivity contribution in [2.45, 2.75) is 13.5 Å². The smallest absolute Gasteiger partial charge is 0.319 e. The van der Waals surface area contributed by atoms with E-state index in [1.54, 1.807) is 17.0 Å². The molecule has 0 aliphatic rings. The molecule has 0 aromatic heterocycles. The van der Waals surface area contributed by atoms with Gasteiger partial charge in [0.1, 0.15) is 5.75 Å². The van der Waals surface area contributed by atoms with Crippen LogP contribution in [-0.4, -0.2) is 44.1 Å². The summed E-state index contributed by atoms with van der Waals surface area (Å²) in [7, 11) is 2.83. The Morgan fingerprint density at radius 3 is 2.44 bits per heavy atom. The predicted molar refractivity (Wildman–Crippen MR) is 105 cm³/mol. The van der Waals surface area contributed by atoms with Crippen molar-refractivity contribution < 1.29 is 19.1 Å². The molecule has 1 N–H and O–H groups in total. The molecule has 2 aromatic rings. The van der Waals surface area contributed by atoms with Crippen LogP contribution in [0.15, 0.2) is 42.5 Å². The summed E-state index contributed by atoms with van der Waals surface area (Å²) in [4.78, 5) is 26.0. The van der Waals surface area contributed by atoms with E-state index < -0.39 is 5.97 Å². The first-order valence-corrected chi connectivity index (χ1v) is 8.77. The van der Waals surface area contributed by atoms with Gasteiger partial charge in [0.25, 0.3) is 0 Å². The van der Waals surface area contributed by atoms with Gasteiger partial charge in [0, 0.05) is 17.6 Å². The van der Waals surface area contributed by atoms with Gasteiger partial charge in [-0.2, -0.15) is 0 Å². The van der Waals surface area contributed by atoms with Crippen LogP contribution in [0, 0.1) is 6.92 Å². The highest BCUT2D eigenvalue weighted by atomic mass is 35.5. The first kappa shape index (κ1) is 20.7. The molecule has 0 radical (unpaired) electrons. The third kappa shape index (κ3) is 6.27. The molecule has 0 saturated carbocycles. The van der Waals surface area contributed by atoms with E-state index in [4.69, 9.17) is 21.1 Å². The van der Waals surface area contributed by atoms with Crippen molar-refractivity contribution in [3.05, 3.63) is 58.6 Å². The average molecular weight is 391 g/mol. The number of benzene rings is 2. The lowest BCUT2D eigenvalue weighted by Gasteiger charge is -2.21. The first-order chi connectivity index (χ1) is 12.9. The molecule has 0 unspecified atom stereocenters. The van der Waals surface area contributed by atoms with Crippen molar-refractivity contribution in [1.29, 1.82) is 0 Å². The summed E-state index contributed by atoms with van der Waals surface area (Å²) in [6, 6.07) is 13.0. The molecule has 0 fully saturated rings. The van der Waals surface area contributed by atoms with Gasteiger partial charge in [-0.15, -0.1) is 0 Å². The third-order valence-corrected chi connectivity index (χ3v) is 4.36. The number of halogens is 1. The van der Waals surface area contributed by atoms with Crippen LogP contribution < -0.4 is 10.1 Å². The van der Waals surface area contributed by atoms with Gasteiger partial charge in [-0.25, -0.2) is 0 Å². The molecular weight excluding hydrogens is 368 g/mol. The fourth-order valence-electron chi connectivity index (χ4n) is 2.58. The molecule has 0 atom stereocenters. The van der Waals surface area contributed by atoms with Crippen LogP contribution in [0.1, 0.15) is 11.1 Å². The average Bonchev–Trinajstić information content (AvgIpc) is 2.65. The third-order valence-electron chi connectivity index (χ3n) is 3.95. The van der Waals surface area contributed by atoms with Gasteiger partial charge in [0.15, 0.2) is 0 Å². The van der Waals surface area contributed by atoms with Crippen LogP contribution in [-0.2, 0) is 20.9 Å². The van der Waals surface area contributed by atoms with Crippen molar-refractivity contribution in [3.63, 3.8) is 0 Å². The minimum Gasteiger partial charge on any atom is -0.495 e. The molecule has 144 valence electrons. The van der Waals surface area contributed by atoms with Gasteiger partial charge in [0.05, 0.1) is 33.0 Å². The number of nitrogens with one attached hydrogen (secondary N) is 1. The van der Waals surface area contributed by atoms with Gasteiger partial charge in [0.2, 0.25) is 5.91 Å². The van der Waals surface area contributed by atoms with Crippen molar-refractivity contribution in [3.8, 4) is 5.75 Å². The number of rotatable bonds is 8. The lowest BCUT2D eigenvalue weighted by molar-refractivity contribution is -0.142. The maximum atomic E-state index is 12.6. The molecule has 0 heterocycles.